The minimum Gasteiger partial charge on any atom is -0.463 e. The van der Waals surface area contributed by atoms with E-state index < -0.39 is 25.2 Å². The third-order valence-electron chi connectivity index (χ3n) is 3.76. The van der Waals surface area contributed by atoms with E-state index in [1.807, 2.05) is 0 Å². The Morgan fingerprint density at radius 1 is 0.917 bits per heavy atom. The minimum atomic E-state index is -2.12. The molecule has 0 bridgehead atoms. The van der Waals surface area contributed by atoms with Crippen molar-refractivity contribution in [1.82, 2.24) is 0 Å². The summed E-state index contributed by atoms with van der Waals surface area (Å²) < 4.78 is 18.1. The Hall–Kier alpha value is -0.219. The lowest BCUT2D eigenvalue weighted by Crippen LogP contribution is -2.52. The van der Waals surface area contributed by atoms with E-state index in [0.717, 1.165) is 12.5 Å². The molecule has 0 radical (unpaired) electrons. The number of hydrogen-bond donors (Lipinski definition) is 0. The van der Waals surface area contributed by atoms with Crippen LogP contribution < -0.4 is 0 Å². The lowest BCUT2D eigenvalue weighted by molar-refractivity contribution is -0.137. The van der Waals surface area contributed by atoms with Gasteiger partial charge >= 0.3 is 14.5 Å². The summed E-state index contributed by atoms with van der Waals surface area (Å²) in [6.45, 7) is 19.5. The van der Waals surface area contributed by atoms with Crippen LogP contribution in [-0.2, 0) is 17.8 Å². The topological polar surface area (TPSA) is 44.8 Å². The van der Waals surface area contributed by atoms with Gasteiger partial charge in [0.05, 0.1) is 6.61 Å². The normalized spacial score (nSPS) is 13.0. The first-order chi connectivity index (χ1) is 10.9. The van der Waals surface area contributed by atoms with Crippen molar-refractivity contribution >= 4 is 31.2 Å². The first kappa shape index (κ1) is 23.8. The summed E-state index contributed by atoms with van der Waals surface area (Å²) in [5, 5.41) is 0. The number of esters is 1. The summed E-state index contributed by atoms with van der Waals surface area (Å²) in [7, 11) is -5.60. The molecule has 0 atom stereocenters. The van der Waals surface area contributed by atoms with Gasteiger partial charge in [-0.1, -0.05) is 32.8 Å². The number of rotatable bonds is 13. The second-order valence-corrected chi connectivity index (χ2v) is 20.5. The molecule has 0 amide bonds. The van der Waals surface area contributed by atoms with E-state index in [9.17, 15) is 4.79 Å². The zero-order valence-corrected chi connectivity index (χ0v) is 19.9. The van der Waals surface area contributed by atoms with Gasteiger partial charge in [-0.25, -0.2) is 4.79 Å². The van der Waals surface area contributed by atoms with Crippen molar-refractivity contribution in [2.24, 2.45) is 0 Å². The standard InChI is InChI=1S/C17H38O4Si3/c1-9-11-12-15-22(3,4)20-24(7,8)21-23(5,6)16-13-14-19-17(18)10-2/h10H,2,9,11-16H2,1,3-8H3. The third kappa shape index (κ3) is 12.2. The molecule has 0 saturated heterocycles. The van der Waals surface area contributed by atoms with Crippen molar-refractivity contribution < 1.29 is 17.8 Å². The van der Waals surface area contributed by atoms with Gasteiger partial charge in [-0.2, -0.15) is 0 Å². The average Bonchev–Trinajstić information content (AvgIpc) is 2.40. The molecule has 0 aliphatic heterocycles. The molecule has 0 aromatic rings. The molecule has 0 aromatic carbocycles. The molecule has 4 nitrogen and oxygen atoms in total. The van der Waals surface area contributed by atoms with E-state index in [1.165, 1.54) is 31.4 Å². The first-order valence-electron chi connectivity index (χ1n) is 9.12. The summed E-state index contributed by atoms with van der Waals surface area (Å²) in [6, 6.07) is 2.18. The molecule has 24 heavy (non-hydrogen) atoms. The molecule has 0 aliphatic rings. The number of unbranched alkanes of at least 4 members (excludes halogenated alkanes) is 2. The van der Waals surface area contributed by atoms with Gasteiger partial charge in [-0.15, -0.1) is 0 Å². The van der Waals surface area contributed by atoms with Crippen LogP contribution in [0.4, 0.5) is 0 Å². The zero-order valence-electron chi connectivity index (χ0n) is 16.9. The van der Waals surface area contributed by atoms with Gasteiger partial charge in [0.15, 0.2) is 16.6 Å². The number of hydrogen-bond acceptors (Lipinski definition) is 4. The molecule has 142 valence electrons. The fraction of sp³-hybridized carbons (Fsp3) is 0.824. The smallest absolute Gasteiger partial charge is 0.330 e. The van der Waals surface area contributed by atoms with Gasteiger partial charge < -0.3 is 13.0 Å². The summed E-state index contributed by atoms with van der Waals surface area (Å²) in [6.07, 6.45) is 5.83. The van der Waals surface area contributed by atoms with Crippen LogP contribution in [0, 0.1) is 0 Å². The Morgan fingerprint density at radius 3 is 1.88 bits per heavy atom. The molecule has 0 aromatic heterocycles. The third-order valence-corrected chi connectivity index (χ3v) is 15.2. The number of carbonyl (C=O) groups is 1. The molecule has 0 unspecified atom stereocenters. The molecule has 7 heteroatoms. The molecular formula is C17H38O4Si3. The summed E-state index contributed by atoms with van der Waals surface area (Å²) in [5.41, 5.74) is 0. The monoisotopic (exact) mass is 390 g/mol. The fourth-order valence-corrected chi connectivity index (χ4v) is 17.1. The van der Waals surface area contributed by atoms with Crippen LogP contribution in [0.5, 0.6) is 0 Å². The van der Waals surface area contributed by atoms with Crippen LogP contribution in [0.25, 0.3) is 0 Å². The van der Waals surface area contributed by atoms with Crippen molar-refractivity contribution in [3.8, 4) is 0 Å². The van der Waals surface area contributed by atoms with Crippen molar-refractivity contribution in [2.45, 2.75) is 84.0 Å². The minimum absolute atomic E-state index is 0.353. The SMILES string of the molecule is C=CC(=O)OCCC[Si](C)(C)O[Si](C)(C)O[Si](C)(C)CCCCC. The van der Waals surface area contributed by atoms with Crippen molar-refractivity contribution in [3.05, 3.63) is 12.7 Å². The van der Waals surface area contributed by atoms with E-state index >= 15 is 0 Å². The molecule has 0 N–H and O–H groups in total. The van der Waals surface area contributed by atoms with Crippen molar-refractivity contribution in [3.63, 3.8) is 0 Å². The van der Waals surface area contributed by atoms with Crippen LogP contribution >= 0.6 is 0 Å². The van der Waals surface area contributed by atoms with Crippen molar-refractivity contribution in [1.29, 1.82) is 0 Å². The maximum absolute atomic E-state index is 11.1. The molecule has 0 heterocycles. The second-order valence-electron chi connectivity index (χ2n) is 8.06. The molecular weight excluding hydrogens is 352 g/mol. The van der Waals surface area contributed by atoms with Gasteiger partial charge in [-0.05, 0) is 57.8 Å². The number of carbonyl (C=O) groups excluding carboxylic acids is 1. The van der Waals surface area contributed by atoms with Crippen LogP contribution in [0.1, 0.15) is 32.6 Å². The zero-order chi connectivity index (χ0) is 18.9. The fourth-order valence-electron chi connectivity index (χ4n) is 2.98. The van der Waals surface area contributed by atoms with E-state index in [0.29, 0.717) is 6.61 Å². The summed E-state index contributed by atoms with van der Waals surface area (Å²) in [5.74, 6) is -0.353. The molecule has 0 rings (SSSR count). The Balaban J connectivity index is 4.37. The van der Waals surface area contributed by atoms with Crippen LogP contribution in [0.3, 0.4) is 0 Å². The Labute approximate surface area is 152 Å². The highest BCUT2D eigenvalue weighted by Crippen LogP contribution is 2.26. The maximum atomic E-state index is 11.1. The largest absolute Gasteiger partial charge is 0.463 e. The molecule has 0 spiro atoms. The Morgan fingerprint density at radius 2 is 1.42 bits per heavy atom. The van der Waals surface area contributed by atoms with E-state index in [4.69, 9.17) is 13.0 Å². The van der Waals surface area contributed by atoms with E-state index in [1.54, 1.807) is 0 Å². The highest BCUT2D eigenvalue weighted by molar-refractivity contribution is 6.87. The van der Waals surface area contributed by atoms with Gasteiger partial charge in [0.25, 0.3) is 0 Å². The second kappa shape index (κ2) is 10.7. The first-order valence-corrected chi connectivity index (χ1v) is 18.2. The maximum Gasteiger partial charge on any atom is 0.330 e. The highest BCUT2D eigenvalue weighted by atomic mass is 28.5. The van der Waals surface area contributed by atoms with E-state index in [-0.39, 0.29) is 5.97 Å². The lowest BCUT2D eigenvalue weighted by atomic mass is 10.3. The van der Waals surface area contributed by atoms with Gasteiger partial charge in [0.1, 0.15) is 0 Å². The average molecular weight is 391 g/mol. The Bertz CT molecular complexity index is 395. The Kier molecular flexibility index (Phi) is 10.6. The van der Waals surface area contributed by atoms with E-state index in [2.05, 4.69) is 52.8 Å². The van der Waals surface area contributed by atoms with Crippen LogP contribution in [0.2, 0.25) is 51.4 Å². The summed E-state index contributed by atoms with van der Waals surface area (Å²) >= 11 is 0. The quantitative estimate of drug-likeness (QED) is 0.182. The van der Waals surface area contributed by atoms with Crippen LogP contribution in [0.15, 0.2) is 12.7 Å². The van der Waals surface area contributed by atoms with Crippen molar-refractivity contribution in [2.75, 3.05) is 6.61 Å². The van der Waals surface area contributed by atoms with Crippen LogP contribution in [-0.4, -0.2) is 37.8 Å². The van der Waals surface area contributed by atoms with Gasteiger partial charge in [0.2, 0.25) is 0 Å². The molecule has 0 saturated carbocycles. The van der Waals surface area contributed by atoms with Gasteiger partial charge in [-0.3, -0.25) is 0 Å². The molecule has 0 aliphatic carbocycles. The number of ether oxygens (including phenoxy) is 1. The predicted molar refractivity (Wildman–Crippen MR) is 110 cm³/mol. The predicted octanol–water partition coefficient (Wildman–Crippen LogP) is 5.44. The highest BCUT2D eigenvalue weighted by Gasteiger charge is 2.39. The lowest BCUT2D eigenvalue weighted by Gasteiger charge is -2.38. The summed E-state index contributed by atoms with van der Waals surface area (Å²) in [4.78, 5) is 11.1. The van der Waals surface area contributed by atoms with Gasteiger partial charge in [0, 0.05) is 6.08 Å². The molecule has 0 fully saturated rings.